The Morgan fingerprint density at radius 1 is 1.31 bits per heavy atom. The maximum Gasteiger partial charge on any atom is 0.334 e. The van der Waals surface area contributed by atoms with Crippen LogP contribution in [0.5, 0.6) is 0 Å². The number of nitrogens with one attached hydrogen (secondary N) is 3. The van der Waals surface area contributed by atoms with Crippen molar-refractivity contribution >= 4 is 40.7 Å². The van der Waals surface area contributed by atoms with E-state index in [-0.39, 0.29) is 22.1 Å². The van der Waals surface area contributed by atoms with E-state index in [1.807, 2.05) is 0 Å². The highest BCUT2D eigenvalue weighted by atomic mass is 32.2. The lowest BCUT2D eigenvalue weighted by Gasteiger charge is -2.18. The number of nitrogens with zero attached hydrogens (tertiary/aromatic N) is 4. The highest BCUT2D eigenvalue weighted by molar-refractivity contribution is 7.98. The fourth-order valence-corrected chi connectivity index (χ4v) is 3.40. The van der Waals surface area contributed by atoms with Gasteiger partial charge in [-0.3, -0.25) is 20.1 Å². The van der Waals surface area contributed by atoms with Crippen molar-refractivity contribution in [3.05, 3.63) is 6.33 Å². The minimum Gasteiger partial charge on any atom is -0.480 e. The number of rotatable bonds is 8. The molecule has 2 aromatic rings. The van der Waals surface area contributed by atoms with Gasteiger partial charge in [0, 0.05) is 0 Å². The zero-order chi connectivity index (χ0) is 23.6. The first-order valence-corrected chi connectivity index (χ1v) is 10.5. The Labute approximate surface area is 184 Å². The fraction of sp³-hybridized carbons (Fsp3) is 0.562. The zero-order valence-corrected chi connectivity index (χ0v) is 17.7. The lowest BCUT2D eigenvalue weighted by Crippen LogP contribution is -2.54. The number of urea groups is 1. The Morgan fingerprint density at radius 3 is 2.59 bits per heavy atom. The van der Waals surface area contributed by atoms with Crippen molar-refractivity contribution in [2.45, 2.75) is 48.8 Å². The number of amides is 2. The smallest absolute Gasteiger partial charge is 0.334 e. The predicted octanol–water partition coefficient (Wildman–Crippen LogP) is -2.38. The molecule has 0 saturated carbocycles. The molecule has 2 amide bonds. The summed E-state index contributed by atoms with van der Waals surface area (Å²) in [7, 11) is 0. The van der Waals surface area contributed by atoms with Crippen LogP contribution in [0.25, 0.3) is 11.2 Å². The summed E-state index contributed by atoms with van der Waals surface area (Å²) in [5, 5.41) is 50.8. The Hall–Kier alpha value is -2.60. The lowest BCUT2D eigenvalue weighted by molar-refractivity contribution is -0.142. The molecule has 6 atom stereocenters. The molecule has 176 valence electrons. The number of carbonyl (C=O) groups is 2. The Kier molecular flexibility index (Phi) is 7.44. The molecule has 1 aliphatic heterocycles. The van der Waals surface area contributed by atoms with E-state index < -0.39 is 55.3 Å². The van der Waals surface area contributed by atoms with Crippen LogP contribution in [0.4, 0.5) is 10.6 Å². The van der Waals surface area contributed by atoms with Crippen LogP contribution in [0.2, 0.25) is 0 Å². The van der Waals surface area contributed by atoms with Gasteiger partial charge in [0.25, 0.3) is 0 Å². The number of thioether (sulfide) groups is 1. The van der Waals surface area contributed by atoms with Crippen LogP contribution in [0.15, 0.2) is 11.5 Å². The van der Waals surface area contributed by atoms with Crippen molar-refractivity contribution in [2.24, 2.45) is 0 Å². The molecule has 0 aliphatic carbocycles. The fourth-order valence-electron chi connectivity index (χ4n) is 3.04. The first kappa shape index (κ1) is 24.1. The average molecular weight is 473 g/mol. The molecular formula is C16H23N7O8S. The number of aliphatic hydroxyl groups is 4. The second-order valence-electron chi connectivity index (χ2n) is 6.89. The van der Waals surface area contributed by atoms with Crippen LogP contribution in [0.1, 0.15) is 13.2 Å². The molecule has 3 rings (SSSR count). The molecule has 32 heavy (non-hydrogen) atoms. The van der Waals surface area contributed by atoms with Gasteiger partial charge in [0.15, 0.2) is 28.4 Å². The first-order chi connectivity index (χ1) is 15.2. The molecule has 8 N–H and O–H groups in total. The van der Waals surface area contributed by atoms with Gasteiger partial charge in [-0.2, -0.15) is 0 Å². The zero-order valence-electron chi connectivity index (χ0n) is 16.9. The topological polar surface area (TPSA) is 224 Å². The quantitative estimate of drug-likeness (QED) is 0.114. The standard InChI is InChI=1S/C16H23N7O8S/c1-5(25)7(14(28)29)21-22-15(30)18-11-8-12(20-16(19-11)32-2)23(4-17-8)13-10(27)9(26)6(3-24)31-13/h4-7,9-10,13,21,24-27H,3H2,1-2H3,(H,28,29)(H2,18,19,20,22,30)/t5-,6-,7+,9-,10-,13-/m1/s1. The summed E-state index contributed by atoms with van der Waals surface area (Å²) in [6.45, 7) is 0.741. The van der Waals surface area contributed by atoms with Crippen LogP contribution in [0, 0.1) is 0 Å². The predicted molar refractivity (Wildman–Crippen MR) is 109 cm³/mol. The van der Waals surface area contributed by atoms with Gasteiger partial charge in [-0.1, -0.05) is 11.8 Å². The number of imidazole rings is 1. The van der Waals surface area contributed by atoms with Gasteiger partial charge in [-0.25, -0.2) is 25.2 Å². The number of hydrazine groups is 1. The van der Waals surface area contributed by atoms with Gasteiger partial charge >= 0.3 is 12.0 Å². The van der Waals surface area contributed by atoms with Crippen LogP contribution in [0.3, 0.4) is 0 Å². The lowest BCUT2D eigenvalue weighted by atomic mass is 10.1. The third kappa shape index (κ3) is 4.75. The Balaban J connectivity index is 1.86. The van der Waals surface area contributed by atoms with Crippen LogP contribution < -0.4 is 16.2 Å². The van der Waals surface area contributed by atoms with E-state index in [2.05, 4.69) is 31.1 Å². The first-order valence-electron chi connectivity index (χ1n) is 9.32. The number of aliphatic carboxylic acids is 1. The summed E-state index contributed by atoms with van der Waals surface area (Å²) in [4.78, 5) is 36.0. The van der Waals surface area contributed by atoms with E-state index in [0.717, 1.165) is 11.8 Å². The number of hydrogen-bond acceptors (Lipinski definition) is 12. The van der Waals surface area contributed by atoms with Crippen LogP contribution in [-0.2, 0) is 9.53 Å². The number of ether oxygens (including phenoxy) is 1. The Morgan fingerprint density at radius 2 is 2.03 bits per heavy atom. The Bertz CT molecular complexity index is 989. The number of carboxylic acids is 1. The maximum absolute atomic E-state index is 12.3. The van der Waals surface area contributed by atoms with E-state index in [0.29, 0.717) is 0 Å². The second kappa shape index (κ2) is 9.90. The van der Waals surface area contributed by atoms with Crippen molar-refractivity contribution in [3.63, 3.8) is 0 Å². The number of aliphatic hydroxyl groups excluding tert-OH is 4. The number of carbonyl (C=O) groups excluding carboxylic acids is 1. The normalized spacial score (nSPS) is 24.9. The minimum absolute atomic E-state index is 0.0203. The van der Waals surface area contributed by atoms with Gasteiger partial charge in [0.1, 0.15) is 24.4 Å². The molecule has 1 aliphatic rings. The molecule has 2 aromatic heterocycles. The largest absolute Gasteiger partial charge is 0.480 e. The molecule has 15 nitrogen and oxygen atoms in total. The van der Waals surface area contributed by atoms with E-state index in [1.165, 1.54) is 17.8 Å². The highest BCUT2D eigenvalue weighted by Crippen LogP contribution is 2.33. The number of aromatic nitrogens is 4. The van der Waals surface area contributed by atoms with Crippen molar-refractivity contribution < 1.29 is 39.9 Å². The third-order valence-electron chi connectivity index (χ3n) is 4.70. The third-order valence-corrected chi connectivity index (χ3v) is 5.24. The molecule has 16 heteroatoms. The maximum atomic E-state index is 12.3. The van der Waals surface area contributed by atoms with Crippen LogP contribution >= 0.6 is 11.8 Å². The number of fused-ring (bicyclic) bond motifs is 1. The summed E-state index contributed by atoms with van der Waals surface area (Å²) in [6.07, 6.45) is -3.10. The monoisotopic (exact) mass is 473 g/mol. The van der Waals surface area contributed by atoms with Crippen molar-refractivity contribution in [3.8, 4) is 0 Å². The summed E-state index contributed by atoms with van der Waals surface area (Å²) in [5.41, 5.74) is 4.61. The molecular weight excluding hydrogens is 450 g/mol. The number of anilines is 1. The molecule has 0 unspecified atom stereocenters. The van der Waals surface area contributed by atoms with E-state index in [9.17, 15) is 30.0 Å². The van der Waals surface area contributed by atoms with Gasteiger partial charge in [-0.15, -0.1) is 0 Å². The van der Waals surface area contributed by atoms with Gasteiger partial charge in [-0.05, 0) is 13.2 Å². The van der Waals surface area contributed by atoms with Crippen LogP contribution in [-0.4, -0.2) is 100 Å². The molecule has 1 fully saturated rings. The van der Waals surface area contributed by atoms with Gasteiger partial charge < -0.3 is 30.3 Å². The second-order valence-corrected chi connectivity index (χ2v) is 7.67. The molecule has 3 heterocycles. The van der Waals surface area contributed by atoms with E-state index >= 15 is 0 Å². The minimum atomic E-state index is -1.45. The number of carboxylic acid groups (broad SMARTS) is 1. The summed E-state index contributed by atoms with van der Waals surface area (Å²) in [6, 6.07) is -2.33. The summed E-state index contributed by atoms with van der Waals surface area (Å²) in [5.74, 6) is -1.39. The molecule has 0 spiro atoms. The summed E-state index contributed by atoms with van der Waals surface area (Å²) >= 11 is 1.16. The van der Waals surface area contributed by atoms with E-state index in [1.54, 1.807) is 6.26 Å². The van der Waals surface area contributed by atoms with Gasteiger partial charge in [0.05, 0.1) is 19.0 Å². The summed E-state index contributed by atoms with van der Waals surface area (Å²) < 4.78 is 6.85. The van der Waals surface area contributed by atoms with Gasteiger partial charge in [0.2, 0.25) is 0 Å². The molecule has 0 radical (unpaired) electrons. The molecule has 1 saturated heterocycles. The highest BCUT2D eigenvalue weighted by Gasteiger charge is 2.44. The van der Waals surface area contributed by atoms with E-state index in [4.69, 9.17) is 9.84 Å². The molecule has 0 aromatic carbocycles. The molecule has 0 bridgehead atoms. The van der Waals surface area contributed by atoms with Crippen molar-refractivity contribution in [1.29, 1.82) is 0 Å². The average Bonchev–Trinajstić information content (AvgIpc) is 3.28. The SMILES string of the molecule is CSc1nc(NC(=O)NN[C@H](C(=O)O)[C@@H](C)O)c2ncn([C@@H]3O[C@H](CO)[C@@H](O)[C@H]3O)c2n1. The van der Waals surface area contributed by atoms with Crippen molar-refractivity contribution in [1.82, 2.24) is 30.4 Å². The number of hydrogen-bond donors (Lipinski definition) is 8. The van der Waals surface area contributed by atoms with Crippen molar-refractivity contribution in [2.75, 3.05) is 18.2 Å².